The Morgan fingerprint density at radius 2 is 1.55 bits per heavy atom. The van der Waals surface area contributed by atoms with Crippen LogP contribution in [0, 0.1) is 17.5 Å². The fraction of sp³-hybridized carbons (Fsp3) is 0. The van der Waals surface area contributed by atoms with Gasteiger partial charge in [-0.3, -0.25) is 0 Å². The molecule has 0 radical (unpaired) electrons. The van der Waals surface area contributed by atoms with E-state index in [0.29, 0.717) is 11.0 Å². The van der Waals surface area contributed by atoms with Crippen LogP contribution in [0.15, 0.2) is 59.0 Å². The molecule has 108 valence electrons. The van der Waals surface area contributed by atoms with E-state index in [2.05, 4.69) is 0 Å². The van der Waals surface area contributed by atoms with Gasteiger partial charge in [0.15, 0.2) is 17.5 Å². The third-order valence-corrected chi connectivity index (χ3v) is 3.71. The standard InChI is InChI=1S/C18H9F3O/c19-13-9-14-15(17(21)16(13)20)12-8-4-7-11(18(12)22-14)10-5-2-1-3-6-10/h1-9H. The lowest BCUT2D eigenvalue weighted by atomic mass is 10.0. The zero-order valence-electron chi connectivity index (χ0n) is 11.2. The van der Waals surface area contributed by atoms with E-state index in [-0.39, 0.29) is 11.0 Å². The fourth-order valence-electron chi connectivity index (χ4n) is 2.70. The van der Waals surface area contributed by atoms with Crippen LogP contribution in [0.3, 0.4) is 0 Å². The molecule has 0 aliphatic carbocycles. The van der Waals surface area contributed by atoms with Crippen molar-refractivity contribution < 1.29 is 17.6 Å². The van der Waals surface area contributed by atoms with Crippen LogP contribution in [-0.4, -0.2) is 0 Å². The largest absolute Gasteiger partial charge is 0.455 e. The molecule has 0 saturated heterocycles. The normalized spacial score (nSPS) is 11.4. The first-order valence-corrected chi connectivity index (χ1v) is 6.71. The van der Waals surface area contributed by atoms with Gasteiger partial charge in [0, 0.05) is 17.0 Å². The Morgan fingerprint density at radius 3 is 2.32 bits per heavy atom. The summed E-state index contributed by atoms with van der Waals surface area (Å²) in [7, 11) is 0. The summed E-state index contributed by atoms with van der Waals surface area (Å²) in [6.07, 6.45) is 0. The second-order valence-electron chi connectivity index (χ2n) is 5.01. The van der Waals surface area contributed by atoms with Crippen LogP contribution < -0.4 is 0 Å². The molecule has 0 aliphatic rings. The summed E-state index contributed by atoms with van der Waals surface area (Å²) in [5, 5.41) is 0.388. The molecule has 1 aromatic heterocycles. The molecule has 4 rings (SSSR count). The monoisotopic (exact) mass is 298 g/mol. The van der Waals surface area contributed by atoms with Gasteiger partial charge in [0.25, 0.3) is 0 Å². The van der Waals surface area contributed by atoms with Gasteiger partial charge in [-0.1, -0.05) is 48.5 Å². The minimum atomic E-state index is -1.49. The molecule has 0 unspecified atom stereocenters. The lowest BCUT2D eigenvalue weighted by Gasteiger charge is -2.01. The van der Waals surface area contributed by atoms with Crippen LogP contribution in [0.5, 0.6) is 0 Å². The van der Waals surface area contributed by atoms with Crippen LogP contribution in [0.2, 0.25) is 0 Å². The maximum atomic E-state index is 14.1. The van der Waals surface area contributed by atoms with E-state index in [0.717, 1.165) is 17.2 Å². The minimum absolute atomic E-state index is 0.00483. The molecule has 1 heterocycles. The molecular formula is C18H9F3O. The molecule has 4 heteroatoms. The van der Waals surface area contributed by atoms with Gasteiger partial charge in [0.05, 0.1) is 5.39 Å². The van der Waals surface area contributed by atoms with Crippen molar-refractivity contribution in [2.45, 2.75) is 0 Å². The molecule has 0 saturated carbocycles. The molecular weight excluding hydrogens is 289 g/mol. The van der Waals surface area contributed by atoms with Gasteiger partial charge >= 0.3 is 0 Å². The van der Waals surface area contributed by atoms with E-state index < -0.39 is 17.5 Å². The lowest BCUT2D eigenvalue weighted by molar-refractivity contribution is 0.452. The van der Waals surface area contributed by atoms with Crippen molar-refractivity contribution in [1.82, 2.24) is 0 Å². The second-order valence-corrected chi connectivity index (χ2v) is 5.01. The number of fused-ring (bicyclic) bond motifs is 3. The average Bonchev–Trinajstić information content (AvgIpc) is 2.91. The SMILES string of the molecule is Fc1cc2oc3c(-c4ccccc4)cccc3c2c(F)c1F. The molecule has 0 atom stereocenters. The molecule has 0 bridgehead atoms. The first kappa shape index (κ1) is 13.0. The van der Waals surface area contributed by atoms with E-state index in [1.54, 1.807) is 12.1 Å². The van der Waals surface area contributed by atoms with E-state index >= 15 is 0 Å². The van der Waals surface area contributed by atoms with E-state index in [1.165, 1.54) is 0 Å². The molecule has 3 aromatic carbocycles. The zero-order chi connectivity index (χ0) is 15.3. The molecule has 1 nitrogen and oxygen atoms in total. The van der Waals surface area contributed by atoms with Crippen LogP contribution in [-0.2, 0) is 0 Å². The predicted molar refractivity (Wildman–Crippen MR) is 79.0 cm³/mol. The van der Waals surface area contributed by atoms with Crippen molar-refractivity contribution in [3.8, 4) is 11.1 Å². The Bertz CT molecular complexity index is 1000. The second kappa shape index (κ2) is 4.63. The maximum Gasteiger partial charge on any atom is 0.195 e. The molecule has 0 aliphatic heterocycles. The zero-order valence-corrected chi connectivity index (χ0v) is 11.2. The van der Waals surface area contributed by atoms with Crippen molar-refractivity contribution in [3.63, 3.8) is 0 Å². The highest BCUT2D eigenvalue weighted by atomic mass is 19.2. The van der Waals surface area contributed by atoms with Crippen LogP contribution in [0.25, 0.3) is 33.1 Å². The quantitative estimate of drug-likeness (QED) is 0.413. The van der Waals surface area contributed by atoms with Gasteiger partial charge in [-0.25, -0.2) is 13.2 Å². The number of furan rings is 1. The smallest absolute Gasteiger partial charge is 0.195 e. The van der Waals surface area contributed by atoms with Crippen molar-refractivity contribution in [2.75, 3.05) is 0 Å². The number of benzene rings is 3. The van der Waals surface area contributed by atoms with Crippen molar-refractivity contribution in [1.29, 1.82) is 0 Å². The summed E-state index contributed by atoms with van der Waals surface area (Å²) in [6, 6.07) is 15.5. The highest BCUT2D eigenvalue weighted by Crippen LogP contribution is 2.37. The van der Waals surface area contributed by atoms with Gasteiger partial charge < -0.3 is 4.42 Å². The first-order chi connectivity index (χ1) is 10.7. The van der Waals surface area contributed by atoms with Gasteiger partial charge in [-0.05, 0) is 5.56 Å². The summed E-state index contributed by atoms with van der Waals surface area (Å²) >= 11 is 0. The van der Waals surface area contributed by atoms with Gasteiger partial charge in [-0.2, -0.15) is 0 Å². The average molecular weight is 298 g/mol. The van der Waals surface area contributed by atoms with E-state index in [1.807, 2.05) is 36.4 Å². The first-order valence-electron chi connectivity index (χ1n) is 6.71. The van der Waals surface area contributed by atoms with Crippen molar-refractivity contribution >= 4 is 21.9 Å². The Balaban J connectivity index is 2.15. The molecule has 0 N–H and O–H groups in total. The summed E-state index contributed by atoms with van der Waals surface area (Å²) in [6.45, 7) is 0. The molecule has 0 spiro atoms. The molecule has 0 fully saturated rings. The van der Waals surface area contributed by atoms with Crippen LogP contribution >= 0.6 is 0 Å². The predicted octanol–water partition coefficient (Wildman–Crippen LogP) is 5.67. The molecule has 4 aromatic rings. The number of halogens is 3. The Kier molecular flexibility index (Phi) is 2.73. The summed E-state index contributed by atoms with van der Waals surface area (Å²) in [4.78, 5) is 0. The number of hydrogen-bond donors (Lipinski definition) is 0. The van der Waals surface area contributed by atoms with E-state index in [4.69, 9.17) is 4.42 Å². The number of rotatable bonds is 1. The van der Waals surface area contributed by atoms with Crippen molar-refractivity contribution in [2.24, 2.45) is 0 Å². The highest BCUT2D eigenvalue weighted by molar-refractivity contribution is 6.09. The van der Waals surface area contributed by atoms with E-state index in [9.17, 15) is 13.2 Å². The topological polar surface area (TPSA) is 13.1 Å². The van der Waals surface area contributed by atoms with Crippen LogP contribution in [0.1, 0.15) is 0 Å². The van der Waals surface area contributed by atoms with Gasteiger partial charge in [0.2, 0.25) is 0 Å². The number of hydrogen-bond acceptors (Lipinski definition) is 1. The summed E-state index contributed by atoms with van der Waals surface area (Å²) in [5.41, 5.74) is 2.03. The molecule has 22 heavy (non-hydrogen) atoms. The highest BCUT2D eigenvalue weighted by Gasteiger charge is 2.20. The molecule has 0 amide bonds. The number of para-hydroxylation sites is 1. The minimum Gasteiger partial charge on any atom is -0.455 e. The Labute approximate surface area is 123 Å². The van der Waals surface area contributed by atoms with Crippen LogP contribution in [0.4, 0.5) is 13.2 Å². The Morgan fingerprint density at radius 1 is 0.773 bits per heavy atom. The Hall–Kier alpha value is -2.75. The fourth-order valence-corrected chi connectivity index (χ4v) is 2.70. The van der Waals surface area contributed by atoms with Crippen molar-refractivity contribution in [3.05, 3.63) is 72.0 Å². The lowest BCUT2D eigenvalue weighted by Crippen LogP contribution is -1.90. The third-order valence-electron chi connectivity index (χ3n) is 3.71. The summed E-state index contributed by atoms with van der Waals surface area (Å²) < 4.78 is 46.6. The third kappa shape index (κ3) is 1.73. The maximum absolute atomic E-state index is 14.1. The van der Waals surface area contributed by atoms with Gasteiger partial charge in [0.1, 0.15) is 11.2 Å². The van der Waals surface area contributed by atoms with Gasteiger partial charge in [-0.15, -0.1) is 0 Å². The summed E-state index contributed by atoms with van der Waals surface area (Å²) in [5.74, 6) is -3.97.